The summed E-state index contributed by atoms with van der Waals surface area (Å²) in [7, 11) is 0. The average molecular weight is 325 g/mol. The van der Waals surface area contributed by atoms with E-state index in [4.69, 9.17) is 0 Å². The van der Waals surface area contributed by atoms with Crippen LogP contribution in [0.1, 0.15) is 20.9 Å². The topological polar surface area (TPSA) is 74.8 Å². The molecule has 0 bridgehead atoms. The highest BCUT2D eigenvalue weighted by molar-refractivity contribution is 7.09. The molecule has 5 nitrogen and oxygen atoms in total. The number of benzene rings is 1. The second-order valence-corrected chi connectivity index (χ2v) is 6.14. The van der Waals surface area contributed by atoms with Crippen LogP contribution in [0.2, 0.25) is 0 Å². The van der Waals surface area contributed by atoms with Gasteiger partial charge in [0, 0.05) is 29.8 Å². The number of carbonyl (C=O) groups is 1. The molecule has 1 aromatic carbocycles. The van der Waals surface area contributed by atoms with Gasteiger partial charge >= 0.3 is 0 Å². The third-order valence-electron chi connectivity index (χ3n) is 3.37. The fraction of sp³-hybridized carbons (Fsp3) is 0.118. The molecular formula is C17H15N3O2S. The lowest BCUT2D eigenvalue weighted by molar-refractivity contribution is 0.0950. The Labute approximate surface area is 137 Å². The molecule has 2 N–H and O–H groups in total. The Morgan fingerprint density at radius 2 is 2.00 bits per heavy atom. The summed E-state index contributed by atoms with van der Waals surface area (Å²) in [5.41, 5.74) is 3.23. The number of H-pyrrole nitrogens is 1. The van der Waals surface area contributed by atoms with Gasteiger partial charge in [-0.1, -0.05) is 24.3 Å². The van der Waals surface area contributed by atoms with Crippen LogP contribution >= 0.6 is 11.3 Å². The zero-order chi connectivity index (χ0) is 16.2. The summed E-state index contributed by atoms with van der Waals surface area (Å²) >= 11 is 1.62. The van der Waals surface area contributed by atoms with Gasteiger partial charge in [0.25, 0.3) is 5.91 Å². The Bertz CT molecular complexity index is 861. The smallest absolute Gasteiger partial charge is 0.253 e. The highest BCUT2D eigenvalue weighted by atomic mass is 32.1. The molecule has 23 heavy (non-hydrogen) atoms. The first-order valence-electron chi connectivity index (χ1n) is 7.10. The molecule has 6 heteroatoms. The van der Waals surface area contributed by atoms with Crippen molar-refractivity contribution in [3.8, 4) is 11.3 Å². The van der Waals surface area contributed by atoms with Gasteiger partial charge in [0.2, 0.25) is 5.56 Å². The van der Waals surface area contributed by atoms with E-state index in [1.807, 2.05) is 36.6 Å². The lowest BCUT2D eigenvalue weighted by atomic mass is 10.1. The highest BCUT2D eigenvalue weighted by Gasteiger charge is 2.06. The largest absolute Gasteiger partial charge is 0.348 e. The monoisotopic (exact) mass is 325 g/mol. The van der Waals surface area contributed by atoms with Crippen molar-refractivity contribution in [2.24, 2.45) is 0 Å². The molecule has 0 unspecified atom stereocenters. The number of aromatic amines is 1. The molecule has 0 aliphatic heterocycles. The first-order valence-corrected chi connectivity index (χ1v) is 7.98. The molecule has 0 saturated heterocycles. The molecule has 2 aromatic heterocycles. The summed E-state index contributed by atoms with van der Waals surface area (Å²) in [5.74, 6) is -0.222. The lowest BCUT2D eigenvalue weighted by Crippen LogP contribution is -2.23. The molecule has 0 fully saturated rings. The van der Waals surface area contributed by atoms with E-state index in [9.17, 15) is 9.59 Å². The number of thiazole rings is 1. The molecule has 3 rings (SSSR count). The van der Waals surface area contributed by atoms with Crippen LogP contribution in [0.15, 0.2) is 52.8 Å². The van der Waals surface area contributed by atoms with Crippen LogP contribution in [-0.2, 0) is 6.54 Å². The Morgan fingerprint density at radius 1 is 1.22 bits per heavy atom. The van der Waals surface area contributed by atoms with Crippen molar-refractivity contribution in [3.05, 3.63) is 74.5 Å². The molecular weight excluding hydrogens is 310 g/mol. The molecule has 0 radical (unpaired) electrons. The number of nitrogens with zero attached hydrogens (tertiary/aromatic N) is 1. The zero-order valence-corrected chi connectivity index (χ0v) is 13.3. The van der Waals surface area contributed by atoms with Crippen molar-refractivity contribution in [1.29, 1.82) is 0 Å². The number of nitrogens with one attached hydrogen (secondary N) is 2. The molecule has 0 aliphatic rings. The normalized spacial score (nSPS) is 10.5. The fourth-order valence-electron chi connectivity index (χ4n) is 2.13. The van der Waals surface area contributed by atoms with Gasteiger partial charge in [-0.05, 0) is 18.6 Å². The van der Waals surface area contributed by atoms with Crippen molar-refractivity contribution >= 4 is 17.2 Å². The summed E-state index contributed by atoms with van der Waals surface area (Å²) in [4.78, 5) is 29.9. The standard InChI is InChI=1S/C17H15N3O2S/c1-11-20-15(10-23-11)13-4-2-12(3-5-13)8-19-17(22)14-6-7-16(21)18-9-14/h2-7,9-10H,8H2,1H3,(H,18,21)(H,19,22). The Hall–Kier alpha value is -2.73. The van der Waals surface area contributed by atoms with Gasteiger partial charge in [0.05, 0.1) is 16.3 Å². The third-order valence-corrected chi connectivity index (χ3v) is 4.14. The molecule has 116 valence electrons. The van der Waals surface area contributed by atoms with Gasteiger partial charge in [0.1, 0.15) is 0 Å². The van der Waals surface area contributed by atoms with E-state index in [1.165, 1.54) is 18.3 Å². The Balaban J connectivity index is 1.63. The number of carbonyl (C=O) groups excluding carboxylic acids is 1. The van der Waals surface area contributed by atoms with Crippen LogP contribution < -0.4 is 10.9 Å². The average Bonchev–Trinajstić information content (AvgIpc) is 3.00. The number of rotatable bonds is 4. The summed E-state index contributed by atoms with van der Waals surface area (Å²) in [6.07, 6.45) is 1.41. The minimum absolute atomic E-state index is 0.222. The maximum Gasteiger partial charge on any atom is 0.253 e. The van der Waals surface area contributed by atoms with E-state index < -0.39 is 0 Å². The quantitative estimate of drug-likeness (QED) is 0.774. The predicted octanol–water partition coefficient (Wildman–Crippen LogP) is 2.74. The number of amides is 1. The lowest BCUT2D eigenvalue weighted by Gasteiger charge is -2.06. The van der Waals surface area contributed by atoms with Crippen molar-refractivity contribution in [1.82, 2.24) is 15.3 Å². The van der Waals surface area contributed by atoms with E-state index in [0.29, 0.717) is 12.1 Å². The zero-order valence-electron chi connectivity index (χ0n) is 12.5. The molecule has 2 heterocycles. The summed E-state index contributed by atoms with van der Waals surface area (Å²) in [6, 6.07) is 10.8. The molecule has 1 amide bonds. The van der Waals surface area contributed by atoms with E-state index in [0.717, 1.165) is 21.8 Å². The summed E-state index contributed by atoms with van der Waals surface area (Å²) < 4.78 is 0. The van der Waals surface area contributed by atoms with E-state index in [2.05, 4.69) is 15.3 Å². The predicted molar refractivity (Wildman–Crippen MR) is 90.5 cm³/mol. The number of aromatic nitrogens is 2. The van der Waals surface area contributed by atoms with Gasteiger partial charge in [-0.3, -0.25) is 9.59 Å². The second-order valence-electron chi connectivity index (χ2n) is 5.07. The van der Waals surface area contributed by atoms with Crippen molar-refractivity contribution in [2.45, 2.75) is 13.5 Å². The van der Waals surface area contributed by atoms with Crippen LogP contribution in [0.25, 0.3) is 11.3 Å². The van der Waals surface area contributed by atoms with Crippen molar-refractivity contribution < 1.29 is 4.79 Å². The number of hydrogen-bond acceptors (Lipinski definition) is 4. The number of hydrogen-bond donors (Lipinski definition) is 2. The van der Waals surface area contributed by atoms with Crippen molar-refractivity contribution in [3.63, 3.8) is 0 Å². The Kier molecular flexibility index (Phi) is 4.34. The Morgan fingerprint density at radius 3 is 2.61 bits per heavy atom. The first kappa shape index (κ1) is 15.2. The highest BCUT2D eigenvalue weighted by Crippen LogP contribution is 2.21. The molecule has 0 spiro atoms. The van der Waals surface area contributed by atoms with Crippen molar-refractivity contribution in [2.75, 3.05) is 0 Å². The minimum Gasteiger partial charge on any atom is -0.348 e. The van der Waals surface area contributed by atoms with Gasteiger partial charge in [-0.2, -0.15) is 0 Å². The first-order chi connectivity index (χ1) is 11.1. The van der Waals surface area contributed by atoms with Gasteiger partial charge in [-0.25, -0.2) is 4.98 Å². The van der Waals surface area contributed by atoms with Crippen LogP contribution in [-0.4, -0.2) is 15.9 Å². The van der Waals surface area contributed by atoms with Crippen LogP contribution in [0.3, 0.4) is 0 Å². The molecule has 0 atom stereocenters. The summed E-state index contributed by atoms with van der Waals surface area (Å²) in [5, 5.41) is 5.89. The SMILES string of the molecule is Cc1nc(-c2ccc(CNC(=O)c3ccc(=O)[nH]c3)cc2)cs1. The van der Waals surface area contributed by atoms with Crippen LogP contribution in [0, 0.1) is 6.92 Å². The second kappa shape index (κ2) is 6.58. The number of aryl methyl sites for hydroxylation is 1. The molecule has 3 aromatic rings. The molecule has 0 saturated carbocycles. The van der Waals surface area contributed by atoms with Gasteiger partial charge < -0.3 is 10.3 Å². The van der Waals surface area contributed by atoms with E-state index in [-0.39, 0.29) is 11.5 Å². The minimum atomic E-state index is -0.227. The number of pyridine rings is 1. The van der Waals surface area contributed by atoms with E-state index >= 15 is 0 Å². The van der Waals surface area contributed by atoms with Crippen LogP contribution in [0.4, 0.5) is 0 Å². The maximum atomic E-state index is 12.0. The molecule has 0 aliphatic carbocycles. The van der Waals surface area contributed by atoms with Gasteiger partial charge in [0.15, 0.2) is 0 Å². The third kappa shape index (κ3) is 3.73. The fourth-order valence-corrected chi connectivity index (χ4v) is 2.75. The van der Waals surface area contributed by atoms with Gasteiger partial charge in [-0.15, -0.1) is 11.3 Å². The van der Waals surface area contributed by atoms with Crippen LogP contribution in [0.5, 0.6) is 0 Å². The van der Waals surface area contributed by atoms with E-state index in [1.54, 1.807) is 11.3 Å². The maximum absolute atomic E-state index is 12.0. The summed E-state index contributed by atoms with van der Waals surface area (Å²) in [6.45, 7) is 2.41.